The lowest BCUT2D eigenvalue weighted by Gasteiger charge is -2.60. The molecule has 0 spiro atoms. The zero-order chi connectivity index (χ0) is 24.6. The number of nitrogens with one attached hydrogen (secondary N) is 1. The summed E-state index contributed by atoms with van der Waals surface area (Å²) in [6, 6.07) is 6.00. The molecule has 35 heavy (non-hydrogen) atoms. The number of carbonyl (C=O) groups excluding carboxylic acids is 1. The van der Waals surface area contributed by atoms with Crippen LogP contribution in [0.2, 0.25) is 0 Å². The van der Waals surface area contributed by atoms with E-state index in [1.54, 1.807) is 6.21 Å². The van der Waals surface area contributed by atoms with Crippen LogP contribution in [0.15, 0.2) is 44.0 Å². The fraction of sp³-hybridized carbons (Fsp3) is 0.607. The number of allylic oxidation sites excluding steroid dienone is 2. The Bertz CT molecular complexity index is 1160. The molecule has 2 atom stereocenters. The molecule has 1 N–H and O–H groups in total. The molecule has 5 saturated carbocycles. The van der Waals surface area contributed by atoms with Crippen molar-refractivity contribution in [3.63, 3.8) is 0 Å². The highest BCUT2D eigenvalue weighted by molar-refractivity contribution is 9.10. The summed E-state index contributed by atoms with van der Waals surface area (Å²) in [5.41, 5.74) is 2.12. The van der Waals surface area contributed by atoms with Crippen LogP contribution < -0.4 is 10.4 Å². The lowest BCUT2D eigenvalue weighted by Crippen LogP contribution is -2.65. The largest absolute Gasteiger partial charge is 0.875 e. The van der Waals surface area contributed by atoms with Gasteiger partial charge in [0.05, 0.1) is 16.9 Å². The molecule has 1 amide bonds. The minimum atomic E-state index is -0.532. The fourth-order valence-electron chi connectivity index (χ4n) is 7.27. The topological polar surface area (TPSA) is 86.1 Å². The summed E-state index contributed by atoms with van der Waals surface area (Å²) >= 11 is 3.61. The average molecular weight is 539 g/mol. The van der Waals surface area contributed by atoms with Crippen LogP contribution in [0.3, 0.4) is 0 Å². The van der Waals surface area contributed by atoms with E-state index < -0.39 is 5.60 Å². The number of amides is 1. The van der Waals surface area contributed by atoms with Gasteiger partial charge in [0.1, 0.15) is 5.60 Å². The predicted molar refractivity (Wildman–Crippen MR) is 138 cm³/mol. The summed E-state index contributed by atoms with van der Waals surface area (Å²) in [6.45, 7) is 5.69. The van der Waals surface area contributed by atoms with Crippen LogP contribution in [0, 0.1) is 17.8 Å². The van der Waals surface area contributed by atoms with Crippen molar-refractivity contribution >= 4 is 39.6 Å². The molecule has 6 aliphatic rings. The molecule has 0 aromatic heterocycles. The lowest BCUT2D eigenvalue weighted by molar-refractivity contribution is -0.310. The SMILES string of the molecule is CC(C)(C)OC(=O)NC12CC3CC(CC(N=C4C(=C([O-])C5CC5)C=Nc5ccc(Br)cc54)(C3)C1)C2. The van der Waals surface area contributed by atoms with E-state index >= 15 is 0 Å². The van der Waals surface area contributed by atoms with Crippen molar-refractivity contribution in [3.05, 3.63) is 39.6 Å². The fourth-order valence-corrected chi connectivity index (χ4v) is 7.63. The highest BCUT2D eigenvalue weighted by Crippen LogP contribution is 2.59. The van der Waals surface area contributed by atoms with Crippen molar-refractivity contribution < 1.29 is 14.6 Å². The second-order valence-electron chi connectivity index (χ2n) is 12.5. The molecule has 1 aliphatic heterocycles. The first kappa shape index (κ1) is 23.3. The quantitative estimate of drug-likeness (QED) is 0.508. The zero-order valence-corrected chi connectivity index (χ0v) is 22.3. The molecule has 0 radical (unpaired) electrons. The summed E-state index contributed by atoms with van der Waals surface area (Å²) in [4.78, 5) is 22.9. The Morgan fingerprint density at radius 3 is 2.57 bits per heavy atom. The zero-order valence-electron chi connectivity index (χ0n) is 20.7. The standard InChI is InChI=1S/C28H34BrN3O3/c1-26(2,3)35-25(34)32-28-12-16-8-17(13-28)11-27(10-16,15-28)31-23-20-9-19(29)6-7-22(20)30-14-21(23)24(33)18-4-5-18/h6-7,9,14,16-18,33H,4-5,8,10-13,15H2,1-3H3,(H,32,34)/p-1. The molecule has 2 unspecified atom stereocenters. The number of alkyl carbamates (subject to hydrolysis) is 1. The Labute approximate surface area is 215 Å². The van der Waals surface area contributed by atoms with Gasteiger partial charge in [0.15, 0.2) is 0 Å². The van der Waals surface area contributed by atoms with Gasteiger partial charge < -0.3 is 15.2 Å². The number of hydrogen-bond acceptors (Lipinski definition) is 5. The van der Waals surface area contributed by atoms with Crippen LogP contribution in [0.1, 0.15) is 77.7 Å². The summed E-state index contributed by atoms with van der Waals surface area (Å²) in [5.74, 6) is 1.33. The van der Waals surface area contributed by atoms with E-state index in [-0.39, 0.29) is 28.8 Å². The maximum absolute atomic E-state index is 13.3. The second-order valence-corrected chi connectivity index (χ2v) is 13.4. The number of fused-ring (bicyclic) bond motifs is 1. The second kappa shape index (κ2) is 7.92. The Morgan fingerprint density at radius 2 is 1.91 bits per heavy atom. The molecule has 6 nitrogen and oxygen atoms in total. The molecule has 7 heteroatoms. The minimum absolute atomic E-state index is 0.104. The molecule has 1 heterocycles. The molecule has 4 bridgehead atoms. The molecular formula is C28H33BrN3O3-. The number of halogens is 1. The third-order valence-electron chi connectivity index (χ3n) is 8.16. The first-order valence-corrected chi connectivity index (χ1v) is 13.7. The van der Waals surface area contributed by atoms with Gasteiger partial charge in [-0.1, -0.05) is 15.9 Å². The third kappa shape index (κ3) is 4.45. The van der Waals surface area contributed by atoms with E-state index in [4.69, 9.17) is 9.73 Å². The molecule has 7 rings (SSSR count). The summed E-state index contributed by atoms with van der Waals surface area (Å²) < 4.78 is 6.60. The summed E-state index contributed by atoms with van der Waals surface area (Å²) in [7, 11) is 0. The van der Waals surface area contributed by atoms with E-state index in [0.717, 1.165) is 66.4 Å². The van der Waals surface area contributed by atoms with E-state index in [0.29, 0.717) is 17.4 Å². The van der Waals surface area contributed by atoms with E-state index in [9.17, 15) is 9.90 Å². The third-order valence-corrected chi connectivity index (χ3v) is 8.65. The van der Waals surface area contributed by atoms with Crippen LogP contribution in [-0.4, -0.2) is 34.7 Å². The van der Waals surface area contributed by atoms with Crippen molar-refractivity contribution in [2.24, 2.45) is 27.7 Å². The Balaban J connectivity index is 1.40. The van der Waals surface area contributed by atoms with Gasteiger partial charge in [0.25, 0.3) is 0 Å². The number of benzene rings is 1. The van der Waals surface area contributed by atoms with Gasteiger partial charge in [0.2, 0.25) is 0 Å². The highest BCUT2D eigenvalue weighted by atomic mass is 79.9. The molecule has 5 aliphatic carbocycles. The molecule has 5 fully saturated rings. The molecule has 1 aromatic rings. The van der Waals surface area contributed by atoms with Gasteiger partial charge in [-0.2, -0.15) is 0 Å². The number of carbonyl (C=O) groups is 1. The van der Waals surface area contributed by atoms with Crippen LogP contribution >= 0.6 is 15.9 Å². The normalized spacial score (nSPS) is 35.7. The molecule has 186 valence electrons. The van der Waals surface area contributed by atoms with E-state index in [2.05, 4.69) is 26.2 Å². The number of hydrogen-bond donors (Lipinski definition) is 1. The van der Waals surface area contributed by atoms with Gasteiger partial charge in [-0.05, 0) is 108 Å². The van der Waals surface area contributed by atoms with E-state index in [1.165, 1.54) is 6.42 Å². The molecule has 1 aromatic carbocycles. The summed E-state index contributed by atoms with van der Waals surface area (Å²) in [5, 5.41) is 16.6. The van der Waals surface area contributed by atoms with Crippen molar-refractivity contribution in [2.45, 2.75) is 88.8 Å². The van der Waals surface area contributed by atoms with Crippen LogP contribution in [0.5, 0.6) is 0 Å². The smallest absolute Gasteiger partial charge is 0.408 e. The van der Waals surface area contributed by atoms with Crippen LogP contribution in [0.4, 0.5) is 10.5 Å². The van der Waals surface area contributed by atoms with Crippen LogP contribution in [-0.2, 0) is 4.74 Å². The number of aliphatic imine (C=N–C) groups is 2. The Kier molecular flexibility index (Phi) is 5.27. The summed E-state index contributed by atoms with van der Waals surface area (Å²) in [6.07, 6.45) is 9.29. The van der Waals surface area contributed by atoms with Gasteiger partial charge in [0, 0.05) is 27.4 Å². The maximum atomic E-state index is 13.3. The van der Waals surface area contributed by atoms with Crippen LogP contribution in [0.25, 0.3) is 0 Å². The molecule has 0 saturated heterocycles. The van der Waals surface area contributed by atoms with Crippen molar-refractivity contribution in [2.75, 3.05) is 0 Å². The minimum Gasteiger partial charge on any atom is -0.875 e. The maximum Gasteiger partial charge on any atom is 0.408 e. The average Bonchev–Trinajstić information content (AvgIpc) is 3.56. The van der Waals surface area contributed by atoms with Gasteiger partial charge in [-0.15, -0.1) is 5.76 Å². The van der Waals surface area contributed by atoms with Gasteiger partial charge in [-0.25, -0.2) is 4.79 Å². The highest BCUT2D eigenvalue weighted by Gasteiger charge is 2.59. The Morgan fingerprint density at radius 1 is 1.20 bits per heavy atom. The molecular weight excluding hydrogens is 506 g/mol. The van der Waals surface area contributed by atoms with Crippen molar-refractivity contribution in [1.82, 2.24) is 5.32 Å². The number of nitrogens with zero attached hydrogens (tertiary/aromatic N) is 2. The first-order chi connectivity index (χ1) is 16.5. The van der Waals surface area contributed by atoms with E-state index in [1.807, 2.05) is 39.0 Å². The monoisotopic (exact) mass is 538 g/mol. The lowest BCUT2D eigenvalue weighted by atomic mass is 9.50. The van der Waals surface area contributed by atoms with Crippen molar-refractivity contribution in [1.29, 1.82) is 0 Å². The number of ether oxygens (including phenoxy) is 1. The first-order valence-electron chi connectivity index (χ1n) is 12.9. The van der Waals surface area contributed by atoms with Gasteiger partial charge in [-0.3, -0.25) is 9.98 Å². The van der Waals surface area contributed by atoms with Crippen molar-refractivity contribution in [3.8, 4) is 0 Å². The van der Waals surface area contributed by atoms with Gasteiger partial charge >= 0.3 is 6.09 Å². The predicted octanol–water partition coefficient (Wildman–Crippen LogP) is 5.59. The Hall–Kier alpha value is -2.15. The number of rotatable bonds is 3.